The Kier molecular flexibility index (Phi) is 2.44. The quantitative estimate of drug-likeness (QED) is 0.523. The molecule has 1 atom stereocenters. The molecule has 0 rings (SSSR count). The maximum atomic E-state index is 8.97. The molecule has 2 nitrogen and oxygen atoms in total. The van der Waals surface area contributed by atoms with Gasteiger partial charge in [-0.3, -0.25) is 0 Å². The van der Waals surface area contributed by atoms with Crippen molar-refractivity contribution in [3.8, 4) is 0 Å². The van der Waals surface area contributed by atoms with E-state index in [9.17, 15) is 0 Å². The summed E-state index contributed by atoms with van der Waals surface area (Å²) in [7, 11) is 0. The van der Waals surface area contributed by atoms with Crippen molar-refractivity contribution in [1.29, 1.82) is 0 Å². The number of aliphatic hydroxyl groups is 1. The summed E-state index contributed by atoms with van der Waals surface area (Å²) in [5, 5.41) is 8.97. The fourth-order valence-electron chi connectivity index (χ4n) is 0.827. The van der Waals surface area contributed by atoms with Crippen LogP contribution in [0.2, 0.25) is 0 Å². The van der Waals surface area contributed by atoms with E-state index in [1.54, 1.807) is 6.92 Å². The van der Waals surface area contributed by atoms with Gasteiger partial charge in [-0.25, -0.2) is 0 Å². The third-order valence-corrected chi connectivity index (χ3v) is 0.822. The van der Waals surface area contributed by atoms with Gasteiger partial charge in [0.15, 0.2) is 0 Å². The molecule has 0 spiro atoms. The van der Waals surface area contributed by atoms with Gasteiger partial charge in [0.2, 0.25) is 0 Å². The van der Waals surface area contributed by atoms with E-state index in [1.165, 1.54) is 0 Å². The zero-order valence-corrected chi connectivity index (χ0v) is 5.81. The fraction of sp³-hybridized carbons (Fsp3) is 1.00. The molecule has 50 valence electrons. The molecule has 0 unspecified atom stereocenters. The van der Waals surface area contributed by atoms with Crippen molar-refractivity contribution < 1.29 is 5.11 Å². The van der Waals surface area contributed by atoms with Crippen LogP contribution in [0.3, 0.4) is 0 Å². The molecule has 0 bridgehead atoms. The lowest BCUT2D eigenvalue weighted by Gasteiger charge is -2.18. The molecule has 0 fully saturated rings. The predicted octanol–water partition coefficient (Wildman–Crippen LogP) is 0.700. The van der Waals surface area contributed by atoms with Gasteiger partial charge in [-0.05, 0) is 19.3 Å². The molecule has 0 aromatic heterocycles. The van der Waals surface area contributed by atoms with E-state index in [2.05, 4.69) is 0 Å². The van der Waals surface area contributed by atoms with Crippen LogP contribution in [0.15, 0.2) is 0 Å². The van der Waals surface area contributed by atoms with Crippen LogP contribution >= 0.6 is 0 Å². The van der Waals surface area contributed by atoms with E-state index in [0.29, 0.717) is 12.3 Å². The molecule has 0 heterocycles. The van der Waals surface area contributed by atoms with Gasteiger partial charge in [0.05, 0.1) is 0 Å². The van der Waals surface area contributed by atoms with Crippen LogP contribution in [0.1, 0.15) is 27.2 Å². The monoisotopic (exact) mass is 117 g/mol. The summed E-state index contributed by atoms with van der Waals surface area (Å²) in [5.41, 5.74) is 4.31. The van der Waals surface area contributed by atoms with Crippen LogP contribution in [0.25, 0.3) is 0 Å². The highest BCUT2D eigenvalue weighted by Gasteiger charge is 2.13. The molecule has 0 aliphatic carbocycles. The van der Waals surface area contributed by atoms with Crippen LogP contribution in [0, 0.1) is 5.92 Å². The van der Waals surface area contributed by atoms with Gasteiger partial charge in [-0.1, -0.05) is 13.8 Å². The maximum absolute atomic E-state index is 8.97. The van der Waals surface area contributed by atoms with E-state index in [1.807, 2.05) is 13.8 Å². The number of hydrogen-bond acceptors (Lipinski definition) is 2. The smallest absolute Gasteiger partial charge is 0.110 e. The molecule has 0 aromatic rings. The summed E-state index contributed by atoms with van der Waals surface area (Å²) in [5.74, 6) is 0.468. The second kappa shape index (κ2) is 2.46. The highest BCUT2D eigenvalue weighted by molar-refractivity contribution is 4.64. The average molecular weight is 117 g/mol. The Bertz CT molecular complexity index is 63.4. The topological polar surface area (TPSA) is 46.2 Å². The molecule has 0 aliphatic rings. The van der Waals surface area contributed by atoms with E-state index >= 15 is 0 Å². The van der Waals surface area contributed by atoms with Gasteiger partial charge in [0, 0.05) is 0 Å². The molecule has 0 radical (unpaired) electrons. The Morgan fingerprint density at radius 3 is 2.00 bits per heavy atom. The molecule has 0 saturated heterocycles. The fourth-order valence-corrected chi connectivity index (χ4v) is 0.827. The summed E-state index contributed by atoms with van der Waals surface area (Å²) in [6.45, 7) is 5.68. The first kappa shape index (κ1) is 7.92. The van der Waals surface area contributed by atoms with Crippen LogP contribution in [-0.2, 0) is 0 Å². The second-order valence-electron chi connectivity index (χ2n) is 2.96. The zero-order valence-electron chi connectivity index (χ0n) is 5.81. The highest BCUT2D eigenvalue weighted by atomic mass is 16.3. The Balaban J connectivity index is 3.39. The first-order valence-corrected chi connectivity index (χ1v) is 2.93. The Labute approximate surface area is 50.7 Å². The molecule has 0 aliphatic heterocycles. The molecule has 3 N–H and O–H groups in total. The summed E-state index contributed by atoms with van der Waals surface area (Å²) >= 11 is 0. The SMILES string of the molecule is CC(C)C[C@](C)(N)O. The van der Waals surface area contributed by atoms with E-state index in [0.717, 1.165) is 0 Å². The van der Waals surface area contributed by atoms with E-state index in [4.69, 9.17) is 10.8 Å². The van der Waals surface area contributed by atoms with Crippen LogP contribution in [-0.4, -0.2) is 10.8 Å². The molecule has 8 heavy (non-hydrogen) atoms. The average Bonchev–Trinajstić information content (AvgIpc) is 1.21. The Morgan fingerprint density at radius 2 is 2.00 bits per heavy atom. The highest BCUT2D eigenvalue weighted by Crippen LogP contribution is 2.08. The van der Waals surface area contributed by atoms with Gasteiger partial charge in [0.1, 0.15) is 5.72 Å². The predicted molar refractivity (Wildman–Crippen MR) is 34.3 cm³/mol. The first-order chi connectivity index (χ1) is 3.42. The molecular weight excluding hydrogens is 102 g/mol. The van der Waals surface area contributed by atoms with Gasteiger partial charge < -0.3 is 10.8 Å². The van der Waals surface area contributed by atoms with Gasteiger partial charge in [0.25, 0.3) is 0 Å². The van der Waals surface area contributed by atoms with Crippen molar-refractivity contribution in [3.05, 3.63) is 0 Å². The lowest BCUT2D eigenvalue weighted by Crippen LogP contribution is -2.36. The van der Waals surface area contributed by atoms with E-state index in [-0.39, 0.29) is 0 Å². The molecule has 0 aromatic carbocycles. The number of nitrogens with two attached hydrogens (primary N) is 1. The lowest BCUT2D eigenvalue weighted by atomic mass is 10.0. The molecule has 2 heteroatoms. The zero-order chi connectivity index (χ0) is 6.78. The maximum Gasteiger partial charge on any atom is 0.110 e. The van der Waals surface area contributed by atoms with Gasteiger partial charge >= 0.3 is 0 Å². The van der Waals surface area contributed by atoms with Gasteiger partial charge in [-0.15, -0.1) is 0 Å². The molecular formula is C6H15NO. The van der Waals surface area contributed by atoms with E-state index < -0.39 is 5.72 Å². The Hall–Kier alpha value is -0.0800. The standard InChI is InChI=1S/C6H15NO/c1-5(2)4-6(3,7)8/h5,8H,4,7H2,1-3H3/t6-/m1/s1. The second-order valence-corrected chi connectivity index (χ2v) is 2.96. The number of hydrogen-bond donors (Lipinski definition) is 2. The summed E-state index contributed by atoms with van der Waals surface area (Å²) < 4.78 is 0. The normalized spacial score (nSPS) is 18.8. The Morgan fingerprint density at radius 1 is 1.62 bits per heavy atom. The summed E-state index contributed by atoms with van der Waals surface area (Å²) in [6.07, 6.45) is 0.660. The summed E-state index contributed by atoms with van der Waals surface area (Å²) in [6, 6.07) is 0. The summed E-state index contributed by atoms with van der Waals surface area (Å²) in [4.78, 5) is 0. The van der Waals surface area contributed by atoms with Crippen molar-refractivity contribution in [3.63, 3.8) is 0 Å². The minimum Gasteiger partial charge on any atom is -0.376 e. The van der Waals surface area contributed by atoms with Crippen molar-refractivity contribution in [2.45, 2.75) is 32.9 Å². The van der Waals surface area contributed by atoms with Crippen molar-refractivity contribution in [1.82, 2.24) is 0 Å². The lowest BCUT2D eigenvalue weighted by molar-refractivity contribution is 0.0452. The molecule has 0 saturated carbocycles. The minimum absolute atomic E-state index is 0.468. The largest absolute Gasteiger partial charge is 0.376 e. The minimum atomic E-state index is -0.978. The van der Waals surface area contributed by atoms with Crippen molar-refractivity contribution in [2.75, 3.05) is 0 Å². The third-order valence-electron chi connectivity index (χ3n) is 0.822. The van der Waals surface area contributed by atoms with Crippen LogP contribution in [0.4, 0.5) is 0 Å². The third kappa shape index (κ3) is 5.92. The molecule has 0 amide bonds. The number of rotatable bonds is 2. The van der Waals surface area contributed by atoms with Gasteiger partial charge in [-0.2, -0.15) is 0 Å². The van der Waals surface area contributed by atoms with Crippen molar-refractivity contribution >= 4 is 0 Å². The van der Waals surface area contributed by atoms with Crippen molar-refractivity contribution in [2.24, 2.45) is 11.7 Å². The van der Waals surface area contributed by atoms with Crippen LogP contribution in [0.5, 0.6) is 0 Å². The first-order valence-electron chi connectivity index (χ1n) is 2.93. The van der Waals surface area contributed by atoms with Crippen LogP contribution < -0.4 is 5.73 Å².